The molecule has 0 bridgehead atoms. The maximum Gasteiger partial charge on any atom is 0.293 e. The molecule has 1 N–H and O–H groups in total. The molecule has 0 amide bonds. The van der Waals surface area contributed by atoms with E-state index in [4.69, 9.17) is 16.3 Å². The van der Waals surface area contributed by atoms with Gasteiger partial charge in [-0.3, -0.25) is 4.79 Å². The van der Waals surface area contributed by atoms with Gasteiger partial charge in [0.05, 0.1) is 6.20 Å². The first-order chi connectivity index (χ1) is 11.9. The predicted octanol–water partition coefficient (Wildman–Crippen LogP) is 4.59. The first-order valence-corrected chi connectivity index (χ1v) is 8.15. The second-order valence-electron chi connectivity index (χ2n) is 5.85. The zero-order valence-electron chi connectivity index (χ0n) is 14.2. The van der Waals surface area contributed by atoms with Gasteiger partial charge in [-0.2, -0.15) is 4.98 Å². The molecule has 0 saturated carbocycles. The minimum absolute atomic E-state index is 0.187. The first kappa shape index (κ1) is 17.0. The number of aryl methyl sites for hydroxylation is 3. The number of rotatable bonds is 4. The van der Waals surface area contributed by atoms with E-state index in [0.29, 0.717) is 16.7 Å². The van der Waals surface area contributed by atoms with Gasteiger partial charge in [0.15, 0.2) is 0 Å². The molecule has 0 radical (unpaired) electrons. The van der Waals surface area contributed by atoms with Crippen LogP contribution in [0.25, 0.3) is 0 Å². The number of hydrogen-bond acceptors (Lipinski definition) is 4. The van der Waals surface area contributed by atoms with Crippen LogP contribution in [0.3, 0.4) is 0 Å². The Bertz CT molecular complexity index is 965. The molecule has 1 aromatic heterocycles. The molecule has 3 aromatic rings. The van der Waals surface area contributed by atoms with Crippen molar-refractivity contribution in [1.82, 2.24) is 9.55 Å². The number of halogens is 1. The van der Waals surface area contributed by atoms with E-state index in [-0.39, 0.29) is 11.4 Å². The van der Waals surface area contributed by atoms with Gasteiger partial charge in [0, 0.05) is 17.8 Å². The second kappa shape index (κ2) is 6.99. The Labute approximate surface area is 150 Å². The molecule has 0 fully saturated rings. The summed E-state index contributed by atoms with van der Waals surface area (Å²) in [5, 5.41) is 3.63. The van der Waals surface area contributed by atoms with Crippen molar-refractivity contribution in [2.24, 2.45) is 7.05 Å². The van der Waals surface area contributed by atoms with Crippen LogP contribution in [0.1, 0.15) is 11.1 Å². The number of nitrogens with one attached hydrogen (secondary N) is 1. The van der Waals surface area contributed by atoms with Gasteiger partial charge in [0.25, 0.3) is 5.56 Å². The topological polar surface area (TPSA) is 56.1 Å². The van der Waals surface area contributed by atoms with Crippen molar-refractivity contribution >= 4 is 23.1 Å². The largest absolute Gasteiger partial charge is 0.437 e. The predicted molar refractivity (Wildman–Crippen MR) is 100 cm³/mol. The molecular weight excluding hydrogens is 338 g/mol. The zero-order valence-corrected chi connectivity index (χ0v) is 15.0. The Morgan fingerprint density at radius 1 is 1.12 bits per heavy atom. The summed E-state index contributed by atoms with van der Waals surface area (Å²) in [6.45, 7) is 3.99. The molecule has 3 rings (SSSR count). The maximum absolute atomic E-state index is 12.3. The average Bonchev–Trinajstić information content (AvgIpc) is 2.57. The molecule has 6 heteroatoms. The lowest BCUT2D eigenvalue weighted by atomic mass is 10.1. The van der Waals surface area contributed by atoms with E-state index in [1.165, 1.54) is 4.57 Å². The summed E-state index contributed by atoms with van der Waals surface area (Å²) in [5.41, 5.74) is 2.63. The fourth-order valence-corrected chi connectivity index (χ4v) is 2.53. The average molecular weight is 356 g/mol. The molecule has 0 unspecified atom stereocenters. The van der Waals surface area contributed by atoms with Crippen LogP contribution in [0.5, 0.6) is 11.6 Å². The SMILES string of the molecule is Cc1ccc(Oc2cn(C)c(=O)c(Nc3ccc(Cl)cc3)n2)c(C)c1. The third-order valence-electron chi connectivity index (χ3n) is 3.70. The number of ether oxygens (including phenoxy) is 1. The van der Waals surface area contributed by atoms with Crippen molar-refractivity contribution in [3.05, 3.63) is 75.2 Å². The summed E-state index contributed by atoms with van der Waals surface area (Å²) in [7, 11) is 1.66. The molecule has 0 saturated heterocycles. The van der Waals surface area contributed by atoms with Gasteiger partial charge < -0.3 is 14.6 Å². The highest BCUT2D eigenvalue weighted by molar-refractivity contribution is 6.30. The molecule has 128 valence electrons. The monoisotopic (exact) mass is 355 g/mol. The molecule has 1 heterocycles. The number of anilines is 2. The molecule has 0 aliphatic heterocycles. The molecule has 0 aliphatic carbocycles. The van der Waals surface area contributed by atoms with E-state index >= 15 is 0 Å². The van der Waals surface area contributed by atoms with Crippen LogP contribution < -0.4 is 15.6 Å². The highest BCUT2D eigenvalue weighted by Gasteiger charge is 2.10. The van der Waals surface area contributed by atoms with Gasteiger partial charge in [0.2, 0.25) is 11.7 Å². The minimum Gasteiger partial charge on any atom is -0.437 e. The van der Waals surface area contributed by atoms with Crippen LogP contribution in [0.4, 0.5) is 11.5 Å². The van der Waals surface area contributed by atoms with E-state index < -0.39 is 0 Å². The van der Waals surface area contributed by atoms with E-state index in [9.17, 15) is 4.79 Å². The Hall–Kier alpha value is -2.79. The number of nitrogens with zero attached hydrogens (tertiary/aromatic N) is 2. The summed E-state index contributed by atoms with van der Waals surface area (Å²) in [5.74, 6) is 1.23. The lowest BCUT2D eigenvalue weighted by molar-refractivity contribution is 0.452. The maximum atomic E-state index is 12.3. The summed E-state index contributed by atoms with van der Waals surface area (Å²) in [4.78, 5) is 16.6. The van der Waals surface area contributed by atoms with E-state index in [1.807, 2.05) is 32.0 Å². The quantitative estimate of drug-likeness (QED) is 0.743. The normalized spacial score (nSPS) is 10.6. The molecule has 0 spiro atoms. The summed E-state index contributed by atoms with van der Waals surface area (Å²) >= 11 is 5.88. The third kappa shape index (κ3) is 4.00. The molecule has 5 nitrogen and oxygen atoms in total. The number of hydrogen-bond donors (Lipinski definition) is 1. The van der Waals surface area contributed by atoms with Crippen LogP contribution in [0.15, 0.2) is 53.5 Å². The Morgan fingerprint density at radius 3 is 2.52 bits per heavy atom. The summed E-state index contributed by atoms with van der Waals surface area (Å²) in [6.07, 6.45) is 1.56. The summed E-state index contributed by atoms with van der Waals surface area (Å²) < 4.78 is 7.30. The van der Waals surface area contributed by atoms with Gasteiger partial charge in [-0.15, -0.1) is 0 Å². The van der Waals surface area contributed by atoms with E-state index in [1.54, 1.807) is 37.5 Å². The zero-order chi connectivity index (χ0) is 18.0. The van der Waals surface area contributed by atoms with Crippen molar-refractivity contribution in [3.63, 3.8) is 0 Å². The molecule has 25 heavy (non-hydrogen) atoms. The van der Waals surface area contributed by atoms with Gasteiger partial charge >= 0.3 is 0 Å². The van der Waals surface area contributed by atoms with E-state index in [2.05, 4.69) is 10.3 Å². The molecule has 0 atom stereocenters. The van der Waals surface area contributed by atoms with Crippen LogP contribution in [0, 0.1) is 13.8 Å². The fourth-order valence-electron chi connectivity index (χ4n) is 2.41. The smallest absolute Gasteiger partial charge is 0.293 e. The highest BCUT2D eigenvalue weighted by atomic mass is 35.5. The molecule has 0 aliphatic rings. The van der Waals surface area contributed by atoms with Crippen LogP contribution >= 0.6 is 11.6 Å². The van der Waals surface area contributed by atoms with Crippen molar-refractivity contribution < 1.29 is 4.74 Å². The van der Waals surface area contributed by atoms with Gasteiger partial charge in [0.1, 0.15) is 5.75 Å². The standard InChI is InChI=1S/C19H18ClN3O2/c1-12-4-9-16(13(2)10-12)25-17-11-23(3)19(24)18(22-17)21-15-7-5-14(20)6-8-15/h4-11H,1-3H3,(H,21,22). The van der Waals surface area contributed by atoms with Gasteiger partial charge in [-0.05, 0) is 49.7 Å². The van der Waals surface area contributed by atoms with Crippen LogP contribution in [-0.2, 0) is 7.05 Å². The molecule has 2 aromatic carbocycles. The van der Waals surface area contributed by atoms with Gasteiger partial charge in [-0.1, -0.05) is 29.3 Å². The van der Waals surface area contributed by atoms with E-state index in [0.717, 1.165) is 16.8 Å². The van der Waals surface area contributed by atoms with Crippen molar-refractivity contribution in [2.75, 3.05) is 5.32 Å². The lowest BCUT2D eigenvalue weighted by Crippen LogP contribution is -2.21. The van der Waals surface area contributed by atoms with Crippen molar-refractivity contribution in [2.45, 2.75) is 13.8 Å². The first-order valence-electron chi connectivity index (χ1n) is 7.78. The number of benzene rings is 2. The Balaban J connectivity index is 1.92. The Morgan fingerprint density at radius 2 is 1.84 bits per heavy atom. The third-order valence-corrected chi connectivity index (χ3v) is 3.95. The highest BCUT2D eigenvalue weighted by Crippen LogP contribution is 2.25. The fraction of sp³-hybridized carbons (Fsp3) is 0.158. The van der Waals surface area contributed by atoms with Crippen LogP contribution in [-0.4, -0.2) is 9.55 Å². The summed E-state index contributed by atoms with van der Waals surface area (Å²) in [6, 6.07) is 12.9. The van der Waals surface area contributed by atoms with Gasteiger partial charge in [-0.25, -0.2) is 0 Å². The van der Waals surface area contributed by atoms with Crippen molar-refractivity contribution in [1.29, 1.82) is 0 Å². The number of aromatic nitrogens is 2. The van der Waals surface area contributed by atoms with Crippen LogP contribution in [0.2, 0.25) is 5.02 Å². The minimum atomic E-state index is -0.247. The Kier molecular flexibility index (Phi) is 4.76. The van der Waals surface area contributed by atoms with Crippen molar-refractivity contribution in [3.8, 4) is 11.6 Å². The lowest BCUT2D eigenvalue weighted by Gasteiger charge is -2.12. The second-order valence-corrected chi connectivity index (χ2v) is 6.28. The molecular formula is C19H18ClN3O2.